The second-order valence-corrected chi connectivity index (χ2v) is 6.20. The summed E-state index contributed by atoms with van der Waals surface area (Å²) in [5, 5.41) is 8.13. The third-order valence-electron chi connectivity index (χ3n) is 4.26. The topological polar surface area (TPSA) is 89.5 Å². The molecule has 0 bridgehead atoms. The lowest BCUT2D eigenvalue weighted by Crippen LogP contribution is -2.31. The maximum Gasteiger partial charge on any atom is 0.269 e. The van der Waals surface area contributed by atoms with Crippen LogP contribution in [0, 0.1) is 0 Å². The highest BCUT2D eigenvalue weighted by Gasteiger charge is 2.15. The fraction of sp³-hybridized carbons (Fsp3) is 0.625. The summed E-state index contributed by atoms with van der Waals surface area (Å²) in [5.41, 5.74) is 0.689. The highest BCUT2D eigenvalue weighted by atomic mass is 16.5. The molecule has 0 saturated carbocycles. The van der Waals surface area contributed by atoms with Crippen molar-refractivity contribution >= 4 is 5.69 Å². The molecule has 0 radical (unpaired) electrons. The highest BCUT2D eigenvalue weighted by molar-refractivity contribution is 5.43. The van der Waals surface area contributed by atoms with Crippen LogP contribution < -0.4 is 10.5 Å². The van der Waals surface area contributed by atoms with E-state index in [1.807, 2.05) is 0 Å². The number of likely N-dealkylation sites (N-methyl/N-ethyl adjacent to an activating group) is 1. The first-order valence-electron chi connectivity index (χ1n) is 8.47. The average Bonchev–Trinajstić information content (AvgIpc) is 2.93. The van der Waals surface area contributed by atoms with Gasteiger partial charge in [0.05, 0.1) is 18.5 Å². The Morgan fingerprint density at radius 3 is 2.96 bits per heavy atom. The van der Waals surface area contributed by atoms with Crippen molar-refractivity contribution < 1.29 is 9.26 Å². The smallest absolute Gasteiger partial charge is 0.269 e. The summed E-state index contributed by atoms with van der Waals surface area (Å²) in [6, 6.07) is 1.63. The molecular weight excluding hydrogens is 324 g/mol. The molecule has 0 atom stereocenters. The second-order valence-electron chi connectivity index (χ2n) is 6.20. The van der Waals surface area contributed by atoms with Crippen LogP contribution in [0.1, 0.15) is 18.1 Å². The molecule has 0 aromatic carbocycles. The van der Waals surface area contributed by atoms with Gasteiger partial charge in [0, 0.05) is 39.2 Å². The van der Waals surface area contributed by atoms with E-state index in [0.717, 1.165) is 38.3 Å². The third-order valence-corrected chi connectivity index (χ3v) is 4.26. The van der Waals surface area contributed by atoms with Crippen molar-refractivity contribution in [2.45, 2.75) is 19.4 Å². The monoisotopic (exact) mass is 348 g/mol. The van der Waals surface area contributed by atoms with Gasteiger partial charge in [0.15, 0.2) is 5.82 Å². The van der Waals surface area contributed by atoms with E-state index in [1.165, 1.54) is 4.68 Å². The van der Waals surface area contributed by atoms with E-state index in [2.05, 4.69) is 32.1 Å². The minimum Gasteiger partial charge on any atom is -0.384 e. The van der Waals surface area contributed by atoms with E-state index in [-0.39, 0.29) is 12.1 Å². The van der Waals surface area contributed by atoms with Crippen molar-refractivity contribution in [1.82, 2.24) is 24.8 Å². The Hall–Kier alpha value is -2.26. The van der Waals surface area contributed by atoms with Crippen LogP contribution in [0.5, 0.6) is 0 Å². The molecule has 0 unspecified atom stereocenters. The predicted molar refractivity (Wildman–Crippen MR) is 91.8 cm³/mol. The molecule has 0 aliphatic carbocycles. The van der Waals surface area contributed by atoms with Crippen LogP contribution >= 0.6 is 0 Å². The number of methoxy groups -OCH3 is 1. The Bertz CT molecular complexity index is 743. The largest absolute Gasteiger partial charge is 0.384 e. The summed E-state index contributed by atoms with van der Waals surface area (Å²) < 4.78 is 11.5. The molecule has 136 valence electrons. The van der Waals surface area contributed by atoms with Gasteiger partial charge in [-0.25, -0.2) is 4.68 Å². The fourth-order valence-corrected chi connectivity index (χ4v) is 2.80. The molecule has 2 aromatic heterocycles. The van der Waals surface area contributed by atoms with E-state index in [1.54, 1.807) is 19.4 Å². The van der Waals surface area contributed by atoms with E-state index in [4.69, 9.17) is 9.26 Å². The predicted octanol–water partition coefficient (Wildman–Crippen LogP) is 0.00540. The summed E-state index contributed by atoms with van der Waals surface area (Å²) in [4.78, 5) is 21.1. The maximum atomic E-state index is 12.4. The summed E-state index contributed by atoms with van der Waals surface area (Å²) in [7, 11) is 3.74. The van der Waals surface area contributed by atoms with Gasteiger partial charge < -0.3 is 19.1 Å². The lowest BCUT2D eigenvalue weighted by molar-refractivity contribution is 0.199. The van der Waals surface area contributed by atoms with Crippen LogP contribution in [-0.4, -0.2) is 71.8 Å². The number of aromatic nitrogens is 4. The Balaban J connectivity index is 1.67. The molecule has 0 N–H and O–H groups in total. The standard InChI is InChI=1S/C16H24N6O3/c1-20-5-3-6-21(8-7-20)13-10-16(23)22(17-11-13)12-15-18-14(19-25-15)4-9-24-2/h10-11H,3-9,12H2,1-2H3. The maximum absolute atomic E-state index is 12.4. The lowest BCUT2D eigenvalue weighted by atomic mass is 10.3. The minimum atomic E-state index is -0.174. The van der Waals surface area contributed by atoms with Crippen molar-refractivity contribution in [3.05, 3.63) is 34.3 Å². The van der Waals surface area contributed by atoms with Crippen molar-refractivity contribution in [2.75, 3.05) is 51.8 Å². The van der Waals surface area contributed by atoms with Crippen molar-refractivity contribution in [3.8, 4) is 0 Å². The van der Waals surface area contributed by atoms with Gasteiger partial charge in [-0.3, -0.25) is 4.79 Å². The van der Waals surface area contributed by atoms with Crippen LogP contribution in [0.25, 0.3) is 0 Å². The first kappa shape index (κ1) is 17.6. The zero-order valence-electron chi connectivity index (χ0n) is 14.7. The third kappa shape index (κ3) is 4.64. The number of ether oxygens (including phenoxy) is 1. The number of hydrogen-bond acceptors (Lipinski definition) is 8. The van der Waals surface area contributed by atoms with Gasteiger partial charge in [-0.05, 0) is 20.0 Å². The molecule has 0 spiro atoms. The minimum absolute atomic E-state index is 0.168. The highest BCUT2D eigenvalue weighted by Crippen LogP contribution is 2.12. The molecule has 9 nitrogen and oxygen atoms in total. The molecule has 1 aliphatic rings. The Morgan fingerprint density at radius 1 is 1.28 bits per heavy atom. The van der Waals surface area contributed by atoms with Crippen LogP contribution in [-0.2, 0) is 17.7 Å². The van der Waals surface area contributed by atoms with Crippen molar-refractivity contribution in [3.63, 3.8) is 0 Å². The van der Waals surface area contributed by atoms with E-state index < -0.39 is 0 Å². The first-order chi connectivity index (χ1) is 12.2. The normalized spacial score (nSPS) is 16.2. The zero-order valence-corrected chi connectivity index (χ0v) is 14.7. The molecule has 1 aliphatic heterocycles. The first-order valence-corrected chi connectivity index (χ1v) is 8.47. The number of nitrogens with zero attached hydrogens (tertiary/aromatic N) is 6. The fourth-order valence-electron chi connectivity index (χ4n) is 2.80. The van der Waals surface area contributed by atoms with Crippen molar-refractivity contribution in [2.24, 2.45) is 0 Å². The summed E-state index contributed by atoms with van der Waals surface area (Å²) in [5.74, 6) is 0.931. The summed E-state index contributed by atoms with van der Waals surface area (Å²) in [6.07, 6.45) is 3.38. The Kier molecular flexibility index (Phi) is 5.77. The molecule has 3 heterocycles. The molecule has 25 heavy (non-hydrogen) atoms. The number of anilines is 1. The Labute approximate surface area is 146 Å². The number of rotatable bonds is 6. The SMILES string of the molecule is COCCc1noc(Cn2ncc(N3CCCN(C)CC3)cc2=O)n1. The van der Waals surface area contributed by atoms with Gasteiger partial charge >= 0.3 is 0 Å². The van der Waals surface area contributed by atoms with Crippen LogP contribution in [0.4, 0.5) is 5.69 Å². The van der Waals surface area contributed by atoms with Gasteiger partial charge in [-0.1, -0.05) is 5.16 Å². The van der Waals surface area contributed by atoms with Gasteiger partial charge in [0.2, 0.25) is 5.89 Å². The van der Waals surface area contributed by atoms with Crippen LogP contribution in [0.2, 0.25) is 0 Å². The van der Waals surface area contributed by atoms with Gasteiger partial charge in [0.1, 0.15) is 6.54 Å². The zero-order chi connectivity index (χ0) is 17.6. The quantitative estimate of drug-likeness (QED) is 0.721. The van der Waals surface area contributed by atoms with Gasteiger partial charge in [-0.2, -0.15) is 10.1 Å². The number of hydrogen-bond donors (Lipinski definition) is 0. The lowest BCUT2D eigenvalue weighted by Gasteiger charge is -2.22. The van der Waals surface area contributed by atoms with E-state index >= 15 is 0 Å². The van der Waals surface area contributed by atoms with Gasteiger partial charge in [-0.15, -0.1) is 0 Å². The summed E-state index contributed by atoms with van der Waals surface area (Å²) >= 11 is 0. The molecule has 3 rings (SSSR count). The molecule has 9 heteroatoms. The molecule has 1 fully saturated rings. The molecule has 2 aromatic rings. The molecule has 0 amide bonds. The average molecular weight is 348 g/mol. The van der Waals surface area contributed by atoms with E-state index in [9.17, 15) is 4.79 Å². The summed E-state index contributed by atoms with van der Waals surface area (Å²) in [6.45, 7) is 4.58. The van der Waals surface area contributed by atoms with Crippen LogP contribution in [0.15, 0.2) is 21.6 Å². The van der Waals surface area contributed by atoms with Gasteiger partial charge in [0.25, 0.3) is 5.56 Å². The molecule has 1 saturated heterocycles. The van der Waals surface area contributed by atoms with Crippen LogP contribution in [0.3, 0.4) is 0 Å². The second kappa shape index (κ2) is 8.21. The Morgan fingerprint density at radius 2 is 2.16 bits per heavy atom. The van der Waals surface area contributed by atoms with E-state index in [0.29, 0.717) is 24.7 Å². The molecular formula is C16H24N6O3. The van der Waals surface area contributed by atoms with Crippen molar-refractivity contribution in [1.29, 1.82) is 0 Å².